The first-order valence-electron chi connectivity index (χ1n) is 21.5. The number of para-hydroxylation sites is 3. The molecular weight excluding hydrogens is 755 g/mol. The number of nitrogens with one attached hydrogen (secondary N) is 3. The number of nitrogens with zero attached hydrogens (tertiary/aromatic N) is 2. The van der Waals surface area contributed by atoms with Crippen LogP contribution in [0.1, 0.15) is 29.5 Å². The van der Waals surface area contributed by atoms with E-state index in [-0.39, 0.29) is 6.17 Å². The zero-order valence-corrected chi connectivity index (χ0v) is 34.3. The lowest BCUT2D eigenvalue weighted by atomic mass is 9.91. The fourth-order valence-corrected chi connectivity index (χ4v) is 9.34. The molecule has 62 heavy (non-hydrogen) atoms. The lowest BCUT2D eigenvalue weighted by Crippen LogP contribution is -2.46. The Morgan fingerprint density at radius 1 is 0.468 bits per heavy atom. The van der Waals surface area contributed by atoms with Crippen LogP contribution in [0.4, 0.5) is 0 Å². The number of rotatable bonds is 10. The molecule has 298 valence electrons. The third-order valence-electron chi connectivity index (χ3n) is 12.4. The fourth-order valence-electron chi connectivity index (χ4n) is 9.34. The lowest BCUT2D eigenvalue weighted by Gasteiger charge is -2.27. The van der Waals surface area contributed by atoms with Crippen molar-refractivity contribution in [2.45, 2.75) is 25.6 Å². The molecule has 0 spiro atoms. The molecule has 0 fully saturated rings. The first kappa shape index (κ1) is 37.3. The number of hydrogen-bond donors (Lipinski definition) is 3. The van der Waals surface area contributed by atoms with Gasteiger partial charge in [0.05, 0.1) is 22.1 Å². The molecule has 2 aromatic heterocycles. The molecule has 1 atom stereocenters. The van der Waals surface area contributed by atoms with Crippen molar-refractivity contribution in [3.8, 4) is 22.5 Å². The minimum atomic E-state index is -0.179. The van der Waals surface area contributed by atoms with Crippen LogP contribution in [0.3, 0.4) is 0 Å². The summed E-state index contributed by atoms with van der Waals surface area (Å²) in [5, 5.41) is 21.1. The minimum Gasteiger partial charge on any atom is -0.351 e. The van der Waals surface area contributed by atoms with E-state index in [9.17, 15) is 0 Å². The summed E-state index contributed by atoms with van der Waals surface area (Å²) in [5.41, 5.74) is 15.3. The number of benzene rings is 8. The van der Waals surface area contributed by atoms with E-state index >= 15 is 0 Å². The molecule has 0 radical (unpaired) electrons. The number of amidine groups is 1. The third-order valence-corrected chi connectivity index (χ3v) is 12.4. The molecule has 5 nitrogen and oxygen atoms in total. The van der Waals surface area contributed by atoms with E-state index in [1.807, 2.05) is 36.4 Å². The second-order valence-corrected chi connectivity index (χ2v) is 16.2. The molecule has 8 aromatic carbocycles. The fraction of sp³-hybridized carbons (Fsp3) is 0.0702. The van der Waals surface area contributed by atoms with Gasteiger partial charge in [-0.05, 0) is 101 Å². The van der Waals surface area contributed by atoms with Crippen LogP contribution in [-0.4, -0.2) is 21.1 Å². The normalized spacial score (nSPS) is 13.4. The summed E-state index contributed by atoms with van der Waals surface area (Å²) in [6, 6.07) is 71.4. The Labute approximate surface area is 361 Å². The molecule has 0 saturated carbocycles. The molecule has 1 aliphatic rings. The number of fused-ring (bicyclic) bond motifs is 6. The van der Waals surface area contributed by atoms with E-state index in [1.165, 1.54) is 77.0 Å². The molecule has 0 saturated heterocycles. The SMILES string of the molecule is N=C(NC(NCc1ccccc1)C1=CC=C(c2ccc3c4ccccc4n(-c4cccc(-c5ccc6c(c5)c5ccccc5n6-c5ccccc5)c4)c3c2)CC1)c1ccccc1. The topological polar surface area (TPSA) is 57.8 Å². The van der Waals surface area contributed by atoms with Crippen LogP contribution < -0.4 is 10.6 Å². The van der Waals surface area contributed by atoms with Gasteiger partial charge in [0.25, 0.3) is 0 Å². The Kier molecular flexibility index (Phi) is 9.64. The van der Waals surface area contributed by atoms with E-state index < -0.39 is 0 Å². The van der Waals surface area contributed by atoms with Gasteiger partial charge in [-0.2, -0.15) is 0 Å². The highest BCUT2D eigenvalue weighted by molar-refractivity contribution is 6.11. The van der Waals surface area contributed by atoms with E-state index in [0.29, 0.717) is 12.4 Å². The number of aromatic nitrogens is 2. The highest BCUT2D eigenvalue weighted by Crippen LogP contribution is 2.38. The summed E-state index contributed by atoms with van der Waals surface area (Å²) < 4.78 is 4.81. The highest BCUT2D eigenvalue weighted by atomic mass is 15.1. The van der Waals surface area contributed by atoms with Crippen molar-refractivity contribution in [2.24, 2.45) is 0 Å². The number of hydrogen-bond acceptors (Lipinski definition) is 2. The zero-order chi connectivity index (χ0) is 41.4. The molecule has 0 amide bonds. The predicted octanol–water partition coefficient (Wildman–Crippen LogP) is 13.4. The van der Waals surface area contributed by atoms with Gasteiger partial charge in [0.15, 0.2) is 0 Å². The standard InChI is InChI=1S/C57H45N5/c58-56(41-17-6-2-7-18-41)60-57(59-38-39-15-4-1-5-16-39)42-29-27-40(28-30-42)45-31-33-50-48-23-10-12-25-52(48)62(55(50)37-45)47-22-14-19-43(35-47)44-32-34-54-51(36-44)49-24-11-13-26-53(49)61(54)46-20-8-3-9-21-46/h1-27,29,31-37,57,59H,28,30,38H2,(H2,58,60). The second kappa shape index (κ2) is 16.0. The summed E-state index contributed by atoms with van der Waals surface area (Å²) in [7, 11) is 0. The monoisotopic (exact) mass is 799 g/mol. The Morgan fingerprint density at radius 3 is 1.81 bits per heavy atom. The van der Waals surface area contributed by atoms with Crippen molar-refractivity contribution in [1.29, 1.82) is 5.41 Å². The molecule has 5 heteroatoms. The largest absolute Gasteiger partial charge is 0.351 e. The van der Waals surface area contributed by atoms with E-state index in [4.69, 9.17) is 5.41 Å². The van der Waals surface area contributed by atoms with Crippen LogP contribution in [0, 0.1) is 5.41 Å². The summed E-state index contributed by atoms with van der Waals surface area (Å²) in [6.45, 7) is 0.699. The smallest absolute Gasteiger partial charge is 0.126 e. The first-order valence-corrected chi connectivity index (χ1v) is 21.5. The van der Waals surface area contributed by atoms with Gasteiger partial charge in [-0.25, -0.2) is 0 Å². The Balaban J connectivity index is 0.950. The lowest BCUT2D eigenvalue weighted by molar-refractivity contribution is 0.525. The summed E-state index contributed by atoms with van der Waals surface area (Å²) >= 11 is 0. The third kappa shape index (κ3) is 6.88. The molecule has 1 aliphatic carbocycles. The second-order valence-electron chi connectivity index (χ2n) is 16.2. The summed E-state index contributed by atoms with van der Waals surface area (Å²) in [6.07, 6.45) is 6.14. The zero-order valence-electron chi connectivity index (χ0n) is 34.3. The van der Waals surface area contributed by atoms with Gasteiger partial charge in [0.2, 0.25) is 0 Å². The molecule has 2 heterocycles. The molecular formula is C57H45N5. The van der Waals surface area contributed by atoms with Crippen molar-refractivity contribution < 1.29 is 0 Å². The van der Waals surface area contributed by atoms with Gasteiger partial charge >= 0.3 is 0 Å². The van der Waals surface area contributed by atoms with Gasteiger partial charge in [-0.3, -0.25) is 10.7 Å². The molecule has 11 rings (SSSR count). The van der Waals surface area contributed by atoms with Crippen LogP contribution in [0.5, 0.6) is 0 Å². The van der Waals surface area contributed by atoms with Crippen LogP contribution in [0.2, 0.25) is 0 Å². The average Bonchev–Trinajstić information content (AvgIpc) is 3.86. The van der Waals surface area contributed by atoms with Crippen LogP contribution in [-0.2, 0) is 6.54 Å². The molecule has 3 N–H and O–H groups in total. The Morgan fingerprint density at radius 2 is 1.06 bits per heavy atom. The van der Waals surface area contributed by atoms with E-state index in [2.05, 4.69) is 196 Å². The van der Waals surface area contributed by atoms with Crippen LogP contribution in [0.25, 0.3) is 71.7 Å². The van der Waals surface area contributed by atoms with Gasteiger partial charge < -0.3 is 14.5 Å². The summed E-state index contributed by atoms with van der Waals surface area (Å²) in [4.78, 5) is 0. The van der Waals surface area contributed by atoms with Crippen molar-refractivity contribution in [3.05, 3.63) is 235 Å². The predicted molar refractivity (Wildman–Crippen MR) is 259 cm³/mol. The Hall–Kier alpha value is -7.73. The maximum absolute atomic E-state index is 8.91. The Bertz CT molecular complexity index is 3340. The minimum absolute atomic E-state index is 0.179. The quantitative estimate of drug-likeness (QED) is 0.0733. The molecule has 0 aliphatic heterocycles. The highest BCUT2D eigenvalue weighted by Gasteiger charge is 2.21. The molecule has 1 unspecified atom stereocenters. The maximum Gasteiger partial charge on any atom is 0.126 e. The van der Waals surface area contributed by atoms with Crippen LogP contribution >= 0.6 is 0 Å². The summed E-state index contributed by atoms with van der Waals surface area (Å²) in [5.74, 6) is 0.408. The maximum atomic E-state index is 8.91. The molecule has 0 bridgehead atoms. The molecule has 10 aromatic rings. The van der Waals surface area contributed by atoms with Crippen molar-refractivity contribution in [2.75, 3.05) is 0 Å². The van der Waals surface area contributed by atoms with Crippen LogP contribution in [0.15, 0.2) is 218 Å². The average molecular weight is 800 g/mol. The van der Waals surface area contributed by atoms with Crippen molar-refractivity contribution in [3.63, 3.8) is 0 Å². The van der Waals surface area contributed by atoms with Gasteiger partial charge in [-0.15, -0.1) is 0 Å². The van der Waals surface area contributed by atoms with Crippen molar-refractivity contribution >= 4 is 55.0 Å². The van der Waals surface area contributed by atoms with Gasteiger partial charge in [0, 0.05) is 45.0 Å². The van der Waals surface area contributed by atoms with Gasteiger partial charge in [0.1, 0.15) is 12.0 Å². The number of allylic oxidation sites excluding steroid dienone is 3. The van der Waals surface area contributed by atoms with Crippen molar-refractivity contribution in [1.82, 2.24) is 19.8 Å². The van der Waals surface area contributed by atoms with Gasteiger partial charge in [-0.1, -0.05) is 158 Å². The first-order chi connectivity index (χ1) is 30.7. The van der Waals surface area contributed by atoms with E-state index in [1.54, 1.807) is 0 Å². The van der Waals surface area contributed by atoms with E-state index in [0.717, 1.165) is 29.8 Å².